The second kappa shape index (κ2) is 6.50. The maximum absolute atomic E-state index is 12.9. The lowest BCUT2D eigenvalue weighted by molar-refractivity contribution is 0.156. The summed E-state index contributed by atoms with van der Waals surface area (Å²) in [5.41, 5.74) is 0.844. The molecule has 84 valence electrons. The summed E-state index contributed by atoms with van der Waals surface area (Å²) < 4.78 is 12.9. The number of benzene rings is 1. The van der Waals surface area contributed by atoms with Crippen molar-refractivity contribution in [2.45, 2.75) is 6.54 Å². The fourth-order valence-electron chi connectivity index (χ4n) is 1.45. The Labute approximate surface area is 88.8 Å². The molecule has 15 heavy (non-hydrogen) atoms. The molecule has 1 rings (SSSR count). The SMILES string of the molecule is OCCN(CCO)Cc1cccc(F)c1. The van der Waals surface area contributed by atoms with Gasteiger partial charge in [0.25, 0.3) is 0 Å². The molecule has 1 aromatic rings. The maximum atomic E-state index is 12.9. The molecule has 0 unspecified atom stereocenters. The second-order valence-corrected chi connectivity index (χ2v) is 3.35. The third-order valence-corrected chi connectivity index (χ3v) is 2.13. The molecule has 0 heterocycles. The van der Waals surface area contributed by atoms with Crippen molar-refractivity contribution in [2.75, 3.05) is 26.3 Å². The summed E-state index contributed by atoms with van der Waals surface area (Å²) in [7, 11) is 0. The van der Waals surface area contributed by atoms with Gasteiger partial charge in [-0.05, 0) is 17.7 Å². The monoisotopic (exact) mass is 213 g/mol. The van der Waals surface area contributed by atoms with Gasteiger partial charge in [0, 0.05) is 19.6 Å². The van der Waals surface area contributed by atoms with Crippen LogP contribution in [0.1, 0.15) is 5.56 Å². The van der Waals surface area contributed by atoms with Crippen molar-refractivity contribution in [2.24, 2.45) is 0 Å². The lowest BCUT2D eigenvalue weighted by Crippen LogP contribution is -2.29. The quantitative estimate of drug-likeness (QED) is 0.727. The van der Waals surface area contributed by atoms with Crippen molar-refractivity contribution < 1.29 is 14.6 Å². The summed E-state index contributed by atoms with van der Waals surface area (Å²) in [6, 6.07) is 6.33. The maximum Gasteiger partial charge on any atom is 0.123 e. The highest BCUT2D eigenvalue weighted by atomic mass is 19.1. The van der Waals surface area contributed by atoms with Crippen LogP contribution in [0.15, 0.2) is 24.3 Å². The van der Waals surface area contributed by atoms with Gasteiger partial charge < -0.3 is 10.2 Å². The molecule has 0 saturated carbocycles. The molecule has 0 spiro atoms. The molecular weight excluding hydrogens is 197 g/mol. The van der Waals surface area contributed by atoms with Gasteiger partial charge in [0.2, 0.25) is 0 Å². The minimum absolute atomic E-state index is 0.0370. The van der Waals surface area contributed by atoms with E-state index in [9.17, 15) is 4.39 Å². The van der Waals surface area contributed by atoms with E-state index in [1.165, 1.54) is 12.1 Å². The number of rotatable bonds is 6. The highest BCUT2D eigenvalue weighted by Crippen LogP contribution is 2.06. The Morgan fingerprint density at radius 3 is 2.33 bits per heavy atom. The van der Waals surface area contributed by atoms with E-state index in [4.69, 9.17) is 10.2 Å². The number of nitrogens with zero attached hydrogens (tertiary/aromatic N) is 1. The van der Waals surface area contributed by atoms with E-state index in [1.807, 2.05) is 11.0 Å². The van der Waals surface area contributed by atoms with E-state index in [0.29, 0.717) is 19.6 Å². The van der Waals surface area contributed by atoms with E-state index in [0.717, 1.165) is 5.56 Å². The molecule has 0 bridgehead atoms. The Morgan fingerprint density at radius 2 is 1.80 bits per heavy atom. The molecule has 0 amide bonds. The second-order valence-electron chi connectivity index (χ2n) is 3.35. The number of halogens is 1. The van der Waals surface area contributed by atoms with Gasteiger partial charge in [-0.15, -0.1) is 0 Å². The first kappa shape index (κ1) is 12.1. The van der Waals surface area contributed by atoms with Crippen LogP contribution in [0.25, 0.3) is 0 Å². The predicted octanol–water partition coefficient (Wildman–Crippen LogP) is 0.612. The van der Waals surface area contributed by atoms with E-state index in [2.05, 4.69) is 0 Å². The van der Waals surface area contributed by atoms with Crippen LogP contribution in [0.2, 0.25) is 0 Å². The van der Waals surface area contributed by atoms with Crippen LogP contribution in [0.5, 0.6) is 0 Å². The van der Waals surface area contributed by atoms with Gasteiger partial charge in [0.05, 0.1) is 13.2 Å². The topological polar surface area (TPSA) is 43.7 Å². The highest BCUT2D eigenvalue weighted by Gasteiger charge is 2.04. The number of aliphatic hydroxyl groups excluding tert-OH is 2. The van der Waals surface area contributed by atoms with Gasteiger partial charge >= 0.3 is 0 Å². The van der Waals surface area contributed by atoms with Crippen LogP contribution in [0, 0.1) is 5.82 Å². The molecule has 0 fully saturated rings. The van der Waals surface area contributed by atoms with Crippen molar-refractivity contribution in [3.05, 3.63) is 35.6 Å². The van der Waals surface area contributed by atoms with E-state index in [1.54, 1.807) is 6.07 Å². The Hall–Kier alpha value is -0.970. The van der Waals surface area contributed by atoms with Crippen molar-refractivity contribution in [3.63, 3.8) is 0 Å². The predicted molar refractivity (Wildman–Crippen MR) is 55.8 cm³/mol. The van der Waals surface area contributed by atoms with E-state index >= 15 is 0 Å². The Morgan fingerprint density at radius 1 is 1.13 bits per heavy atom. The van der Waals surface area contributed by atoms with Crippen LogP contribution in [0.4, 0.5) is 4.39 Å². The smallest absolute Gasteiger partial charge is 0.123 e. The molecule has 2 N–H and O–H groups in total. The van der Waals surface area contributed by atoms with Crippen molar-refractivity contribution >= 4 is 0 Å². The van der Waals surface area contributed by atoms with E-state index in [-0.39, 0.29) is 19.0 Å². The zero-order valence-corrected chi connectivity index (χ0v) is 8.56. The Kier molecular flexibility index (Phi) is 5.25. The minimum atomic E-state index is -0.263. The molecule has 0 saturated heterocycles. The zero-order chi connectivity index (χ0) is 11.1. The highest BCUT2D eigenvalue weighted by molar-refractivity contribution is 5.16. The lowest BCUT2D eigenvalue weighted by Gasteiger charge is -2.19. The number of hydrogen-bond acceptors (Lipinski definition) is 3. The molecule has 3 nitrogen and oxygen atoms in total. The molecule has 1 aromatic carbocycles. The van der Waals surface area contributed by atoms with Crippen molar-refractivity contribution in [3.8, 4) is 0 Å². The first-order chi connectivity index (χ1) is 7.26. The molecular formula is C11H16FNO2. The minimum Gasteiger partial charge on any atom is -0.395 e. The van der Waals surface area contributed by atoms with Gasteiger partial charge in [-0.3, -0.25) is 4.90 Å². The van der Waals surface area contributed by atoms with Gasteiger partial charge in [0.1, 0.15) is 5.82 Å². The molecule has 0 aliphatic carbocycles. The van der Waals surface area contributed by atoms with Gasteiger partial charge in [-0.1, -0.05) is 12.1 Å². The number of aliphatic hydroxyl groups is 2. The summed E-state index contributed by atoms with van der Waals surface area (Å²) >= 11 is 0. The Bertz CT molecular complexity index is 288. The van der Waals surface area contributed by atoms with Gasteiger partial charge in [-0.2, -0.15) is 0 Å². The molecule has 0 atom stereocenters. The Balaban J connectivity index is 2.56. The zero-order valence-electron chi connectivity index (χ0n) is 8.56. The first-order valence-corrected chi connectivity index (χ1v) is 4.95. The largest absolute Gasteiger partial charge is 0.395 e. The van der Waals surface area contributed by atoms with Crippen LogP contribution in [-0.4, -0.2) is 41.4 Å². The molecule has 4 heteroatoms. The normalized spacial score (nSPS) is 10.9. The van der Waals surface area contributed by atoms with Crippen LogP contribution in [-0.2, 0) is 6.54 Å². The molecule has 0 aromatic heterocycles. The summed E-state index contributed by atoms with van der Waals surface area (Å²) in [6.45, 7) is 1.58. The third kappa shape index (κ3) is 4.38. The standard InChI is InChI=1S/C11H16FNO2/c12-11-3-1-2-10(8-11)9-13(4-6-14)5-7-15/h1-3,8,14-15H,4-7,9H2. The fraction of sp³-hybridized carbons (Fsp3) is 0.455. The summed E-state index contributed by atoms with van der Waals surface area (Å²) in [5.74, 6) is -0.263. The number of hydrogen-bond donors (Lipinski definition) is 2. The lowest BCUT2D eigenvalue weighted by atomic mass is 10.2. The first-order valence-electron chi connectivity index (χ1n) is 4.95. The van der Waals surface area contributed by atoms with Crippen LogP contribution < -0.4 is 0 Å². The van der Waals surface area contributed by atoms with Crippen LogP contribution in [0.3, 0.4) is 0 Å². The van der Waals surface area contributed by atoms with Gasteiger partial charge in [-0.25, -0.2) is 4.39 Å². The summed E-state index contributed by atoms with van der Waals surface area (Å²) in [6.07, 6.45) is 0. The van der Waals surface area contributed by atoms with Crippen molar-refractivity contribution in [1.29, 1.82) is 0 Å². The average Bonchev–Trinajstić information content (AvgIpc) is 2.18. The molecule has 0 aliphatic rings. The third-order valence-electron chi connectivity index (χ3n) is 2.13. The van der Waals surface area contributed by atoms with Crippen LogP contribution >= 0.6 is 0 Å². The van der Waals surface area contributed by atoms with E-state index < -0.39 is 0 Å². The fourth-order valence-corrected chi connectivity index (χ4v) is 1.45. The molecule has 0 radical (unpaired) electrons. The summed E-state index contributed by atoms with van der Waals surface area (Å²) in [4.78, 5) is 1.87. The summed E-state index contributed by atoms with van der Waals surface area (Å²) in [5, 5.41) is 17.6. The average molecular weight is 213 g/mol. The van der Waals surface area contributed by atoms with Gasteiger partial charge in [0.15, 0.2) is 0 Å². The van der Waals surface area contributed by atoms with Crippen molar-refractivity contribution in [1.82, 2.24) is 4.90 Å². The molecule has 0 aliphatic heterocycles.